The lowest BCUT2D eigenvalue weighted by atomic mass is 10.0. The second kappa shape index (κ2) is 9.12. The molecule has 0 N–H and O–H groups in total. The standard InChI is InChI=1S/C22H17ClN2O4/c1-28-21(26)15-9-7-14(8-10-15)17-12-11-16(22(27)29-2)13-20(17)25-24-19-6-4-3-5-18(19)23/h3-13H,1-2H3. The van der Waals surface area contributed by atoms with Gasteiger partial charge in [-0.25, -0.2) is 9.59 Å². The zero-order chi connectivity index (χ0) is 20.8. The molecule has 6 nitrogen and oxygen atoms in total. The van der Waals surface area contributed by atoms with Crippen molar-refractivity contribution < 1.29 is 19.1 Å². The molecule has 0 saturated carbocycles. The summed E-state index contributed by atoms with van der Waals surface area (Å²) in [7, 11) is 2.64. The molecule has 0 bridgehead atoms. The van der Waals surface area contributed by atoms with Crippen molar-refractivity contribution in [2.45, 2.75) is 0 Å². The van der Waals surface area contributed by atoms with Crippen LogP contribution in [0.15, 0.2) is 77.0 Å². The minimum absolute atomic E-state index is 0.343. The van der Waals surface area contributed by atoms with Crippen molar-refractivity contribution in [1.82, 2.24) is 0 Å². The first-order chi connectivity index (χ1) is 14.0. The monoisotopic (exact) mass is 408 g/mol. The van der Waals surface area contributed by atoms with Crippen LogP contribution in [0.3, 0.4) is 0 Å². The van der Waals surface area contributed by atoms with Crippen molar-refractivity contribution in [1.29, 1.82) is 0 Å². The SMILES string of the molecule is COC(=O)c1ccc(-c2ccc(C(=O)OC)cc2N=Nc2ccccc2Cl)cc1. The zero-order valence-corrected chi connectivity index (χ0v) is 16.5. The average Bonchev–Trinajstić information content (AvgIpc) is 2.77. The van der Waals surface area contributed by atoms with Crippen LogP contribution in [0, 0.1) is 0 Å². The first kappa shape index (κ1) is 20.2. The predicted molar refractivity (Wildman–Crippen MR) is 110 cm³/mol. The molecule has 0 aliphatic carbocycles. The first-order valence-corrected chi connectivity index (χ1v) is 8.98. The summed E-state index contributed by atoms with van der Waals surface area (Å²) in [5, 5.41) is 8.98. The third-order valence-electron chi connectivity index (χ3n) is 4.15. The number of ether oxygens (including phenoxy) is 2. The molecule has 0 unspecified atom stereocenters. The van der Waals surface area contributed by atoms with Gasteiger partial charge in [0.25, 0.3) is 0 Å². The van der Waals surface area contributed by atoms with E-state index in [9.17, 15) is 9.59 Å². The molecule has 0 atom stereocenters. The molecule has 3 rings (SSSR count). The van der Waals surface area contributed by atoms with Crippen LogP contribution in [0.1, 0.15) is 20.7 Å². The summed E-state index contributed by atoms with van der Waals surface area (Å²) in [6, 6.07) is 18.9. The van der Waals surface area contributed by atoms with Crippen molar-refractivity contribution in [2.75, 3.05) is 14.2 Å². The molecule has 3 aromatic carbocycles. The van der Waals surface area contributed by atoms with Crippen LogP contribution < -0.4 is 0 Å². The fourth-order valence-corrected chi connectivity index (χ4v) is 2.82. The Morgan fingerprint density at radius 2 is 1.34 bits per heavy atom. The van der Waals surface area contributed by atoms with E-state index in [2.05, 4.69) is 10.2 Å². The lowest BCUT2D eigenvalue weighted by Gasteiger charge is -2.08. The van der Waals surface area contributed by atoms with Crippen molar-refractivity contribution in [2.24, 2.45) is 10.2 Å². The molecular formula is C22H17ClN2O4. The fraction of sp³-hybridized carbons (Fsp3) is 0.0909. The molecule has 0 aliphatic heterocycles. The third kappa shape index (κ3) is 4.67. The van der Waals surface area contributed by atoms with Crippen molar-refractivity contribution in [3.63, 3.8) is 0 Å². The highest BCUT2D eigenvalue weighted by Gasteiger charge is 2.13. The highest BCUT2D eigenvalue weighted by molar-refractivity contribution is 6.32. The molecule has 146 valence electrons. The van der Waals surface area contributed by atoms with Gasteiger partial charge in [0.05, 0.1) is 36.1 Å². The Balaban J connectivity index is 2.05. The average molecular weight is 409 g/mol. The number of methoxy groups -OCH3 is 2. The van der Waals surface area contributed by atoms with E-state index in [1.807, 2.05) is 0 Å². The summed E-state index contributed by atoms with van der Waals surface area (Å²) in [6.45, 7) is 0. The maximum atomic E-state index is 11.9. The summed E-state index contributed by atoms with van der Waals surface area (Å²) < 4.78 is 9.51. The van der Waals surface area contributed by atoms with Gasteiger partial charge < -0.3 is 9.47 Å². The van der Waals surface area contributed by atoms with Gasteiger partial charge in [0, 0.05) is 5.56 Å². The van der Waals surface area contributed by atoms with Crippen LogP contribution in [0.4, 0.5) is 11.4 Å². The van der Waals surface area contributed by atoms with E-state index in [0.717, 1.165) is 11.1 Å². The maximum Gasteiger partial charge on any atom is 0.337 e. The molecular weight excluding hydrogens is 392 g/mol. The molecule has 0 spiro atoms. The number of halogens is 1. The number of carbonyl (C=O) groups is 2. The Morgan fingerprint density at radius 3 is 2.00 bits per heavy atom. The zero-order valence-electron chi connectivity index (χ0n) is 15.8. The van der Waals surface area contributed by atoms with Crippen molar-refractivity contribution in [3.8, 4) is 11.1 Å². The second-order valence-electron chi connectivity index (χ2n) is 5.94. The summed E-state index contributed by atoms with van der Waals surface area (Å²) >= 11 is 6.14. The number of carbonyl (C=O) groups excluding carboxylic acids is 2. The second-order valence-corrected chi connectivity index (χ2v) is 6.35. The number of esters is 2. The van der Waals surface area contributed by atoms with E-state index in [1.54, 1.807) is 66.7 Å². The van der Waals surface area contributed by atoms with Crippen LogP contribution in [0.25, 0.3) is 11.1 Å². The number of azo groups is 1. The molecule has 0 radical (unpaired) electrons. The smallest absolute Gasteiger partial charge is 0.337 e. The highest BCUT2D eigenvalue weighted by atomic mass is 35.5. The Bertz CT molecular complexity index is 1080. The Kier molecular flexibility index (Phi) is 6.36. The van der Waals surface area contributed by atoms with Crippen LogP contribution in [0.2, 0.25) is 5.02 Å². The van der Waals surface area contributed by atoms with Crippen LogP contribution in [-0.4, -0.2) is 26.2 Å². The minimum Gasteiger partial charge on any atom is -0.465 e. The van der Waals surface area contributed by atoms with Gasteiger partial charge in [-0.2, -0.15) is 0 Å². The minimum atomic E-state index is -0.480. The number of rotatable bonds is 5. The van der Waals surface area contributed by atoms with E-state index < -0.39 is 11.9 Å². The summed E-state index contributed by atoms with van der Waals surface area (Å²) in [5.41, 5.74) is 3.26. The normalized spacial score (nSPS) is 10.7. The lowest BCUT2D eigenvalue weighted by Crippen LogP contribution is -2.01. The molecule has 7 heteroatoms. The van der Waals surface area contributed by atoms with Crippen LogP contribution in [-0.2, 0) is 9.47 Å². The van der Waals surface area contributed by atoms with E-state index in [4.69, 9.17) is 21.1 Å². The Labute approximate surface area is 172 Å². The molecule has 0 saturated heterocycles. The summed E-state index contributed by atoms with van der Waals surface area (Å²) in [5.74, 6) is -0.900. The van der Waals surface area contributed by atoms with Crippen molar-refractivity contribution in [3.05, 3.63) is 82.9 Å². The first-order valence-electron chi connectivity index (χ1n) is 8.61. The van der Waals surface area contributed by atoms with Gasteiger partial charge in [-0.3, -0.25) is 0 Å². The summed E-state index contributed by atoms with van der Waals surface area (Å²) in [4.78, 5) is 23.6. The molecule has 0 heterocycles. The largest absolute Gasteiger partial charge is 0.465 e. The number of hydrogen-bond donors (Lipinski definition) is 0. The molecule has 29 heavy (non-hydrogen) atoms. The van der Waals surface area contributed by atoms with E-state index in [-0.39, 0.29) is 0 Å². The maximum absolute atomic E-state index is 11.9. The molecule has 3 aromatic rings. The van der Waals surface area contributed by atoms with Gasteiger partial charge >= 0.3 is 11.9 Å². The molecule has 0 aromatic heterocycles. The van der Waals surface area contributed by atoms with Gasteiger partial charge in [0.2, 0.25) is 0 Å². The van der Waals surface area contributed by atoms with Gasteiger partial charge in [-0.1, -0.05) is 41.9 Å². The molecule has 0 amide bonds. The number of nitrogens with zero attached hydrogens (tertiary/aromatic N) is 2. The predicted octanol–water partition coefficient (Wildman–Crippen LogP) is 6.00. The van der Waals surface area contributed by atoms with E-state index in [0.29, 0.717) is 27.5 Å². The van der Waals surface area contributed by atoms with Gasteiger partial charge in [0.15, 0.2) is 0 Å². The molecule has 0 fully saturated rings. The Morgan fingerprint density at radius 1 is 0.759 bits per heavy atom. The summed E-state index contributed by atoms with van der Waals surface area (Å²) in [6.07, 6.45) is 0. The van der Waals surface area contributed by atoms with Gasteiger partial charge in [-0.15, -0.1) is 10.2 Å². The van der Waals surface area contributed by atoms with Gasteiger partial charge in [-0.05, 0) is 42.0 Å². The van der Waals surface area contributed by atoms with E-state index in [1.165, 1.54) is 14.2 Å². The van der Waals surface area contributed by atoms with Gasteiger partial charge in [0.1, 0.15) is 5.69 Å². The quantitative estimate of drug-likeness (QED) is 0.383. The van der Waals surface area contributed by atoms with Crippen molar-refractivity contribution >= 4 is 34.9 Å². The van der Waals surface area contributed by atoms with Crippen LogP contribution in [0.5, 0.6) is 0 Å². The molecule has 0 aliphatic rings. The number of benzene rings is 3. The fourth-order valence-electron chi connectivity index (χ4n) is 2.65. The van der Waals surface area contributed by atoms with E-state index >= 15 is 0 Å². The third-order valence-corrected chi connectivity index (χ3v) is 4.47. The highest BCUT2D eigenvalue weighted by Crippen LogP contribution is 2.34. The lowest BCUT2D eigenvalue weighted by molar-refractivity contribution is 0.0592. The number of hydrogen-bond acceptors (Lipinski definition) is 6. The topological polar surface area (TPSA) is 77.3 Å². The Hall–Kier alpha value is -3.51. The van der Waals surface area contributed by atoms with Crippen LogP contribution >= 0.6 is 11.6 Å².